The number of nitrogens with zero attached hydrogens (tertiary/aromatic N) is 1. The van der Waals surface area contributed by atoms with Crippen molar-refractivity contribution < 1.29 is 4.74 Å². The topological polar surface area (TPSA) is 38.5 Å². The van der Waals surface area contributed by atoms with E-state index < -0.39 is 0 Å². The molecule has 3 nitrogen and oxygen atoms in total. The van der Waals surface area contributed by atoms with E-state index in [1.54, 1.807) is 0 Å². The van der Waals surface area contributed by atoms with E-state index in [1.807, 2.05) is 6.07 Å². The minimum atomic E-state index is -0.242. The average molecular weight is 353 g/mol. The molecule has 23 heavy (non-hydrogen) atoms. The van der Waals surface area contributed by atoms with Crippen LogP contribution in [0.1, 0.15) is 12.0 Å². The largest absolute Gasteiger partial charge is 0.480 e. The van der Waals surface area contributed by atoms with E-state index in [9.17, 15) is 0 Å². The predicted molar refractivity (Wildman–Crippen MR) is 98.6 cm³/mol. The number of rotatable bonds is 2. The van der Waals surface area contributed by atoms with Crippen LogP contribution in [0.2, 0.25) is 0 Å². The van der Waals surface area contributed by atoms with Gasteiger partial charge in [-0.05, 0) is 23.6 Å². The van der Waals surface area contributed by atoms with Gasteiger partial charge in [-0.3, -0.25) is 0 Å². The summed E-state index contributed by atoms with van der Waals surface area (Å²) in [6.45, 7) is 2.42. The van der Waals surface area contributed by atoms with Crippen molar-refractivity contribution in [1.82, 2.24) is 4.90 Å². The molecule has 0 amide bonds. The van der Waals surface area contributed by atoms with Crippen LogP contribution < -0.4 is 10.5 Å². The smallest absolute Gasteiger partial charge is 0.156 e. The van der Waals surface area contributed by atoms with Crippen LogP contribution in [0.5, 0.6) is 5.75 Å². The predicted octanol–water partition coefficient (Wildman–Crippen LogP) is 3.25. The molecule has 0 bridgehead atoms. The second kappa shape index (κ2) is 7.00. The molecule has 3 aliphatic rings. The number of halogens is 2. The summed E-state index contributed by atoms with van der Waals surface area (Å²) in [5, 5.41) is 0. The molecule has 2 N–H and O–H groups in total. The zero-order valence-electron chi connectivity index (χ0n) is 12.9. The van der Waals surface area contributed by atoms with Crippen LogP contribution in [0.3, 0.4) is 0 Å². The summed E-state index contributed by atoms with van der Waals surface area (Å²) < 4.78 is 6.46. The van der Waals surface area contributed by atoms with Gasteiger partial charge in [0.25, 0.3) is 0 Å². The number of hydrogen-bond donors (Lipinski definition) is 1. The molecule has 1 spiro atoms. The fraction of sp³-hybridized carbons (Fsp3) is 0.333. The Morgan fingerprint density at radius 3 is 2.83 bits per heavy atom. The molecule has 2 aliphatic heterocycles. The number of nitrogens with two attached hydrogens (primary N) is 1. The van der Waals surface area contributed by atoms with E-state index in [0.717, 1.165) is 31.7 Å². The zero-order valence-corrected chi connectivity index (χ0v) is 14.5. The molecular formula is C18H22Cl2N2O. The highest BCUT2D eigenvalue weighted by Gasteiger charge is 2.46. The van der Waals surface area contributed by atoms with Gasteiger partial charge in [0.1, 0.15) is 5.75 Å². The molecule has 124 valence electrons. The Balaban J connectivity index is 0.000000960. The lowest BCUT2D eigenvalue weighted by Crippen LogP contribution is -2.51. The molecule has 5 heteroatoms. The summed E-state index contributed by atoms with van der Waals surface area (Å²) in [5.41, 5.74) is 9.53. The van der Waals surface area contributed by atoms with Gasteiger partial charge in [0.15, 0.2) is 5.60 Å². The Labute approximate surface area is 149 Å². The minimum Gasteiger partial charge on any atom is -0.480 e. The Morgan fingerprint density at radius 2 is 2.04 bits per heavy atom. The Hall–Kier alpha value is -1.42. The van der Waals surface area contributed by atoms with Gasteiger partial charge in [0, 0.05) is 31.3 Å². The first-order valence-corrected chi connectivity index (χ1v) is 7.60. The van der Waals surface area contributed by atoms with E-state index >= 15 is 0 Å². The number of ether oxygens (including phenoxy) is 1. The summed E-state index contributed by atoms with van der Waals surface area (Å²) in [6, 6.07) is 8.39. The molecule has 0 fully saturated rings. The van der Waals surface area contributed by atoms with Gasteiger partial charge in [0.05, 0.1) is 6.54 Å². The summed E-state index contributed by atoms with van der Waals surface area (Å²) in [4.78, 5) is 2.32. The van der Waals surface area contributed by atoms with Crippen molar-refractivity contribution >= 4 is 24.8 Å². The maximum Gasteiger partial charge on any atom is 0.156 e. The fourth-order valence-corrected chi connectivity index (χ4v) is 3.67. The number of para-hydroxylation sites is 1. The van der Waals surface area contributed by atoms with Gasteiger partial charge >= 0.3 is 0 Å². The van der Waals surface area contributed by atoms with Crippen molar-refractivity contribution in [2.75, 3.05) is 19.6 Å². The van der Waals surface area contributed by atoms with Crippen LogP contribution in [-0.4, -0.2) is 30.1 Å². The monoisotopic (exact) mass is 352 g/mol. The van der Waals surface area contributed by atoms with Gasteiger partial charge in [-0.1, -0.05) is 36.4 Å². The Bertz CT molecular complexity index is 642. The van der Waals surface area contributed by atoms with Crippen LogP contribution in [-0.2, 0) is 6.42 Å². The highest BCUT2D eigenvalue weighted by atomic mass is 35.5. The number of hydrogen-bond acceptors (Lipinski definition) is 3. The van der Waals surface area contributed by atoms with E-state index in [1.165, 1.54) is 16.7 Å². The molecule has 0 saturated carbocycles. The van der Waals surface area contributed by atoms with E-state index in [0.29, 0.717) is 6.54 Å². The number of benzene rings is 1. The third-order valence-electron chi connectivity index (χ3n) is 4.54. The van der Waals surface area contributed by atoms with Crippen LogP contribution in [0.4, 0.5) is 0 Å². The summed E-state index contributed by atoms with van der Waals surface area (Å²) in [6.07, 6.45) is 10.8. The SMILES string of the molecule is Cl.Cl.NCCN1C=C2CC=CC=C2C2(Cc3ccccc3O2)C1. The molecule has 0 radical (unpaired) electrons. The molecule has 2 heterocycles. The highest BCUT2D eigenvalue weighted by molar-refractivity contribution is 5.85. The molecule has 1 aromatic rings. The molecule has 1 aliphatic carbocycles. The van der Waals surface area contributed by atoms with Crippen molar-refractivity contribution in [3.63, 3.8) is 0 Å². The molecular weight excluding hydrogens is 331 g/mol. The van der Waals surface area contributed by atoms with Gasteiger partial charge in [-0.15, -0.1) is 24.8 Å². The van der Waals surface area contributed by atoms with E-state index in [2.05, 4.69) is 47.5 Å². The molecule has 0 aromatic heterocycles. The first-order chi connectivity index (χ1) is 10.3. The quantitative estimate of drug-likeness (QED) is 0.887. The third-order valence-corrected chi connectivity index (χ3v) is 4.54. The van der Waals surface area contributed by atoms with E-state index in [-0.39, 0.29) is 30.4 Å². The fourth-order valence-electron chi connectivity index (χ4n) is 3.67. The second-order valence-electron chi connectivity index (χ2n) is 6.01. The van der Waals surface area contributed by atoms with Gasteiger partial charge in [-0.25, -0.2) is 0 Å². The number of fused-ring (bicyclic) bond motifs is 3. The Kier molecular flexibility index (Phi) is 5.45. The van der Waals surface area contributed by atoms with Crippen molar-refractivity contribution in [2.24, 2.45) is 5.73 Å². The minimum absolute atomic E-state index is 0. The third kappa shape index (κ3) is 3.01. The lowest BCUT2D eigenvalue weighted by molar-refractivity contribution is 0.0910. The average Bonchev–Trinajstić information content (AvgIpc) is 2.86. The molecule has 1 atom stereocenters. The standard InChI is InChI=1S/C18H20N2O.2ClH/c19-9-10-20-12-15-6-1-3-7-16(15)18(13-20)11-14-5-2-4-8-17(14)21-18;;/h1-5,7-8,12H,6,9-11,13,19H2;2*1H. The summed E-state index contributed by atoms with van der Waals surface area (Å²) >= 11 is 0. The first-order valence-electron chi connectivity index (χ1n) is 7.60. The second-order valence-corrected chi connectivity index (χ2v) is 6.01. The lowest BCUT2D eigenvalue weighted by Gasteiger charge is -2.42. The van der Waals surface area contributed by atoms with Crippen LogP contribution in [0.25, 0.3) is 0 Å². The Morgan fingerprint density at radius 1 is 1.22 bits per heavy atom. The van der Waals surface area contributed by atoms with Gasteiger partial charge in [0.2, 0.25) is 0 Å². The number of allylic oxidation sites excluding steroid dienone is 3. The van der Waals surface area contributed by atoms with Crippen molar-refractivity contribution in [1.29, 1.82) is 0 Å². The van der Waals surface area contributed by atoms with Crippen molar-refractivity contribution in [3.8, 4) is 5.75 Å². The zero-order chi connectivity index (χ0) is 14.3. The van der Waals surface area contributed by atoms with Crippen LogP contribution in [0.15, 0.2) is 59.8 Å². The first kappa shape index (κ1) is 17.9. The highest BCUT2D eigenvalue weighted by Crippen LogP contribution is 2.45. The van der Waals surface area contributed by atoms with E-state index in [4.69, 9.17) is 10.5 Å². The van der Waals surface area contributed by atoms with Crippen LogP contribution in [0, 0.1) is 0 Å². The molecule has 1 unspecified atom stereocenters. The normalized spacial score (nSPS) is 23.8. The molecule has 0 saturated heterocycles. The molecule has 4 rings (SSSR count). The van der Waals surface area contributed by atoms with Gasteiger partial charge in [-0.2, -0.15) is 0 Å². The molecule has 1 aromatic carbocycles. The summed E-state index contributed by atoms with van der Waals surface area (Å²) in [5.74, 6) is 1.03. The van der Waals surface area contributed by atoms with Crippen molar-refractivity contribution in [3.05, 3.63) is 65.4 Å². The maximum atomic E-state index is 6.46. The summed E-state index contributed by atoms with van der Waals surface area (Å²) in [7, 11) is 0. The van der Waals surface area contributed by atoms with Crippen molar-refractivity contribution in [2.45, 2.75) is 18.4 Å². The lowest BCUT2D eigenvalue weighted by atomic mass is 9.79. The van der Waals surface area contributed by atoms with Crippen LogP contribution >= 0.6 is 24.8 Å². The maximum absolute atomic E-state index is 6.46. The van der Waals surface area contributed by atoms with Gasteiger partial charge < -0.3 is 15.4 Å².